The summed E-state index contributed by atoms with van der Waals surface area (Å²) in [6, 6.07) is -0.281. The Balaban J connectivity index is 1.86. The first-order valence-corrected chi connectivity index (χ1v) is 5.62. The standard InChI is InChI=1S/C10H15N5O3/c1-10(8(16)17)2-3-15(5-10)9(18)11-4-7-12-6-13-14-7/h6H,2-5H2,1H3,(H,11,18)(H,16,17)(H,12,13,14). The number of nitrogens with one attached hydrogen (secondary N) is 2. The van der Waals surface area contributed by atoms with Crippen LogP contribution in [0.25, 0.3) is 0 Å². The summed E-state index contributed by atoms with van der Waals surface area (Å²) < 4.78 is 0. The fraction of sp³-hybridized carbons (Fsp3) is 0.600. The number of carbonyl (C=O) groups is 2. The van der Waals surface area contributed by atoms with Crippen LogP contribution in [0.3, 0.4) is 0 Å². The number of aliphatic carboxylic acids is 1. The first-order valence-electron chi connectivity index (χ1n) is 5.62. The van der Waals surface area contributed by atoms with Gasteiger partial charge in [-0.1, -0.05) is 0 Å². The van der Waals surface area contributed by atoms with E-state index < -0.39 is 11.4 Å². The van der Waals surface area contributed by atoms with E-state index in [4.69, 9.17) is 5.11 Å². The fourth-order valence-electron chi connectivity index (χ4n) is 1.90. The summed E-state index contributed by atoms with van der Waals surface area (Å²) in [4.78, 5) is 28.2. The van der Waals surface area contributed by atoms with Crippen LogP contribution >= 0.6 is 0 Å². The van der Waals surface area contributed by atoms with Crippen LogP contribution in [0.2, 0.25) is 0 Å². The molecule has 2 heterocycles. The van der Waals surface area contributed by atoms with Crippen LogP contribution in [0.1, 0.15) is 19.2 Å². The number of carboxylic acids is 1. The Labute approximate surface area is 103 Å². The number of urea groups is 1. The first-order chi connectivity index (χ1) is 8.51. The third-order valence-corrected chi connectivity index (χ3v) is 3.15. The summed E-state index contributed by atoms with van der Waals surface area (Å²) in [7, 11) is 0. The SMILES string of the molecule is CC1(C(=O)O)CCN(C(=O)NCc2ncn[nH]2)C1. The van der Waals surface area contributed by atoms with Crippen LogP contribution in [0.15, 0.2) is 6.33 Å². The lowest BCUT2D eigenvalue weighted by Gasteiger charge is -2.20. The molecule has 1 fully saturated rings. The average molecular weight is 253 g/mol. The number of H-pyrrole nitrogens is 1. The second-order valence-corrected chi connectivity index (χ2v) is 4.63. The minimum atomic E-state index is -0.868. The number of rotatable bonds is 3. The van der Waals surface area contributed by atoms with E-state index in [2.05, 4.69) is 20.5 Å². The van der Waals surface area contributed by atoms with Crippen molar-refractivity contribution in [2.75, 3.05) is 13.1 Å². The van der Waals surface area contributed by atoms with E-state index in [0.29, 0.717) is 18.8 Å². The molecule has 8 heteroatoms. The summed E-state index contributed by atoms with van der Waals surface area (Å²) in [6.07, 6.45) is 1.83. The van der Waals surface area contributed by atoms with Gasteiger partial charge >= 0.3 is 12.0 Å². The molecule has 0 saturated carbocycles. The fourth-order valence-corrected chi connectivity index (χ4v) is 1.90. The molecule has 1 aliphatic rings. The maximum Gasteiger partial charge on any atom is 0.317 e. The number of likely N-dealkylation sites (tertiary alicyclic amines) is 1. The van der Waals surface area contributed by atoms with Gasteiger partial charge in [-0.05, 0) is 13.3 Å². The van der Waals surface area contributed by atoms with E-state index >= 15 is 0 Å². The third kappa shape index (κ3) is 2.41. The molecule has 3 N–H and O–H groups in total. The maximum atomic E-state index is 11.8. The normalized spacial score (nSPS) is 23.1. The molecule has 0 radical (unpaired) electrons. The van der Waals surface area contributed by atoms with Crippen molar-refractivity contribution in [3.63, 3.8) is 0 Å². The number of aromatic amines is 1. The lowest BCUT2D eigenvalue weighted by Crippen LogP contribution is -2.40. The molecule has 2 rings (SSSR count). The van der Waals surface area contributed by atoms with Gasteiger partial charge < -0.3 is 15.3 Å². The van der Waals surface area contributed by atoms with Gasteiger partial charge in [-0.15, -0.1) is 0 Å². The van der Waals surface area contributed by atoms with E-state index in [1.54, 1.807) is 6.92 Å². The number of nitrogens with zero attached hydrogens (tertiary/aromatic N) is 3. The summed E-state index contributed by atoms with van der Waals surface area (Å²) in [5.41, 5.74) is -0.844. The number of aromatic nitrogens is 3. The van der Waals surface area contributed by atoms with Crippen LogP contribution in [-0.4, -0.2) is 50.3 Å². The van der Waals surface area contributed by atoms with E-state index in [0.717, 1.165) is 0 Å². The number of amides is 2. The number of carbonyl (C=O) groups excluding carboxylic acids is 1. The van der Waals surface area contributed by atoms with Crippen LogP contribution < -0.4 is 5.32 Å². The molecule has 8 nitrogen and oxygen atoms in total. The lowest BCUT2D eigenvalue weighted by molar-refractivity contribution is -0.146. The zero-order valence-corrected chi connectivity index (χ0v) is 10.0. The Morgan fingerprint density at radius 1 is 1.67 bits per heavy atom. The maximum absolute atomic E-state index is 11.8. The number of hydrogen-bond acceptors (Lipinski definition) is 4. The topological polar surface area (TPSA) is 111 Å². The highest BCUT2D eigenvalue weighted by Gasteiger charge is 2.42. The highest BCUT2D eigenvalue weighted by atomic mass is 16.4. The predicted molar refractivity (Wildman–Crippen MR) is 60.6 cm³/mol. The van der Waals surface area contributed by atoms with Gasteiger partial charge in [0.2, 0.25) is 0 Å². The summed E-state index contributed by atoms with van der Waals surface area (Å²) in [6.45, 7) is 2.58. The summed E-state index contributed by atoms with van der Waals surface area (Å²) in [5.74, 6) is -0.309. The van der Waals surface area contributed by atoms with Gasteiger partial charge in [0.05, 0.1) is 12.0 Å². The Bertz CT molecular complexity index is 446. The Hall–Kier alpha value is -2.12. The van der Waals surface area contributed by atoms with E-state index in [-0.39, 0.29) is 19.1 Å². The molecule has 0 aromatic carbocycles. The van der Waals surface area contributed by atoms with Crippen molar-refractivity contribution < 1.29 is 14.7 Å². The van der Waals surface area contributed by atoms with Gasteiger partial charge in [-0.25, -0.2) is 9.78 Å². The Morgan fingerprint density at radius 3 is 3.00 bits per heavy atom. The molecule has 0 bridgehead atoms. The lowest BCUT2D eigenvalue weighted by atomic mass is 9.90. The zero-order chi connectivity index (χ0) is 13.2. The summed E-state index contributed by atoms with van der Waals surface area (Å²) in [5, 5.41) is 18.0. The highest BCUT2D eigenvalue weighted by molar-refractivity contribution is 5.79. The molecular weight excluding hydrogens is 238 g/mol. The van der Waals surface area contributed by atoms with Crippen molar-refractivity contribution >= 4 is 12.0 Å². The van der Waals surface area contributed by atoms with Crippen LogP contribution in [0, 0.1) is 5.41 Å². The smallest absolute Gasteiger partial charge is 0.317 e. The average Bonchev–Trinajstić information content (AvgIpc) is 2.95. The highest BCUT2D eigenvalue weighted by Crippen LogP contribution is 2.29. The van der Waals surface area contributed by atoms with Crippen molar-refractivity contribution in [2.24, 2.45) is 5.41 Å². The molecule has 1 aromatic rings. The van der Waals surface area contributed by atoms with Crippen LogP contribution in [-0.2, 0) is 11.3 Å². The Kier molecular flexibility index (Phi) is 3.17. The van der Waals surface area contributed by atoms with Crippen LogP contribution in [0.4, 0.5) is 4.79 Å². The van der Waals surface area contributed by atoms with Gasteiger partial charge in [0, 0.05) is 13.1 Å². The minimum absolute atomic E-state index is 0.227. The number of hydrogen-bond donors (Lipinski definition) is 3. The molecule has 1 aromatic heterocycles. The van der Waals surface area contributed by atoms with Crippen molar-refractivity contribution in [3.8, 4) is 0 Å². The molecule has 2 amide bonds. The molecule has 18 heavy (non-hydrogen) atoms. The molecule has 98 valence electrons. The van der Waals surface area contributed by atoms with E-state index in [9.17, 15) is 9.59 Å². The van der Waals surface area contributed by atoms with Crippen molar-refractivity contribution in [1.29, 1.82) is 0 Å². The van der Waals surface area contributed by atoms with Gasteiger partial charge in [0.15, 0.2) is 0 Å². The first kappa shape index (κ1) is 12.3. The second-order valence-electron chi connectivity index (χ2n) is 4.63. The number of carboxylic acid groups (broad SMARTS) is 1. The van der Waals surface area contributed by atoms with Crippen molar-refractivity contribution in [3.05, 3.63) is 12.2 Å². The third-order valence-electron chi connectivity index (χ3n) is 3.15. The monoisotopic (exact) mass is 253 g/mol. The molecule has 1 unspecified atom stereocenters. The zero-order valence-electron chi connectivity index (χ0n) is 10.0. The largest absolute Gasteiger partial charge is 0.481 e. The van der Waals surface area contributed by atoms with Gasteiger partial charge in [0.25, 0.3) is 0 Å². The molecule has 1 saturated heterocycles. The van der Waals surface area contributed by atoms with Crippen LogP contribution in [0.5, 0.6) is 0 Å². The quantitative estimate of drug-likeness (QED) is 0.691. The molecule has 1 aliphatic heterocycles. The second kappa shape index (κ2) is 4.63. The van der Waals surface area contributed by atoms with Crippen molar-refractivity contribution in [1.82, 2.24) is 25.4 Å². The van der Waals surface area contributed by atoms with E-state index in [1.165, 1.54) is 11.2 Å². The molecule has 0 spiro atoms. The molecule has 0 aliphatic carbocycles. The van der Waals surface area contributed by atoms with Gasteiger partial charge in [0.1, 0.15) is 12.2 Å². The molecular formula is C10H15N5O3. The predicted octanol–water partition coefficient (Wildman–Crippen LogP) is -0.189. The molecule has 1 atom stereocenters. The summed E-state index contributed by atoms with van der Waals surface area (Å²) >= 11 is 0. The Morgan fingerprint density at radius 2 is 2.44 bits per heavy atom. The van der Waals surface area contributed by atoms with E-state index in [1.807, 2.05) is 0 Å². The minimum Gasteiger partial charge on any atom is -0.481 e. The van der Waals surface area contributed by atoms with Gasteiger partial charge in [-0.3, -0.25) is 9.89 Å². The van der Waals surface area contributed by atoms with Crippen molar-refractivity contribution in [2.45, 2.75) is 19.9 Å². The van der Waals surface area contributed by atoms with Gasteiger partial charge in [-0.2, -0.15) is 5.10 Å².